The van der Waals surface area contributed by atoms with Gasteiger partial charge in [-0.2, -0.15) is 0 Å². The number of nitrogens with two attached hydrogens (primary N) is 1. The number of benzene rings is 1. The number of anilines is 3. The average molecular weight is 281 g/mol. The highest BCUT2D eigenvalue weighted by atomic mass is 15.2. The lowest BCUT2D eigenvalue weighted by Crippen LogP contribution is -2.11. The van der Waals surface area contributed by atoms with E-state index in [-0.39, 0.29) is 0 Å². The van der Waals surface area contributed by atoms with Crippen LogP contribution in [-0.4, -0.2) is 12.0 Å². The second-order valence-corrected chi connectivity index (χ2v) is 5.94. The first kappa shape index (κ1) is 13.9. The Bertz CT molecular complexity index is 568. The van der Waals surface area contributed by atoms with Gasteiger partial charge in [0.15, 0.2) is 0 Å². The maximum absolute atomic E-state index is 5.69. The van der Waals surface area contributed by atoms with E-state index in [1.54, 1.807) is 6.20 Å². The first-order chi connectivity index (χ1) is 10.2. The lowest BCUT2D eigenvalue weighted by atomic mass is 9.84. The molecule has 0 radical (unpaired) electrons. The van der Waals surface area contributed by atoms with Gasteiger partial charge in [0.05, 0.1) is 11.9 Å². The van der Waals surface area contributed by atoms with Gasteiger partial charge in [0.1, 0.15) is 5.82 Å². The summed E-state index contributed by atoms with van der Waals surface area (Å²) in [6.07, 6.45) is 8.54. The minimum Gasteiger partial charge on any atom is -0.397 e. The first-order valence-corrected chi connectivity index (χ1v) is 7.79. The third-order valence-corrected chi connectivity index (χ3v) is 4.47. The van der Waals surface area contributed by atoms with Crippen molar-refractivity contribution in [1.29, 1.82) is 0 Å². The molecule has 3 rings (SSSR count). The van der Waals surface area contributed by atoms with E-state index in [0.717, 1.165) is 17.4 Å². The molecule has 0 saturated heterocycles. The zero-order valence-corrected chi connectivity index (χ0v) is 12.6. The fourth-order valence-electron chi connectivity index (χ4n) is 3.13. The van der Waals surface area contributed by atoms with Crippen molar-refractivity contribution in [2.24, 2.45) is 0 Å². The number of nitrogens with zero attached hydrogens (tertiary/aromatic N) is 2. The van der Waals surface area contributed by atoms with Crippen molar-refractivity contribution < 1.29 is 0 Å². The highest BCUT2D eigenvalue weighted by Gasteiger charge is 2.15. The normalized spacial score (nSPS) is 15.9. The molecular formula is C18H23N3. The third kappa shape index (κ3) is 3.18. The number of hydrogen-bond donors (Lipinski definition) is 1. The van der Waals surface area contributed by atoms with Crippen LogP contribution in [0.15, 0.2) is 42.6 Å². The van der Waals surface area contributed by atoms with Crippen LogP contribution in [0, 0.1) is 0 Å². The van der Waals surface area contributed by atoms with E-state index in [2.05, 4.69) is 34.1 Å². The van der Waals surface area contributed by atoms with Crippen molar-refractivity contribution >= 4 is 17.2 Å². The predicted molar refractivity (Wildman–Crippen MR) is 89.0 cm³/mol. The first-order valence-electron chi connectivity index (χ1n) is 7.79. The fraction of sp³-hybridized carbons (Fsp3) is 0.389. The molecule has 1 fully saturated rings. The van der Waals surface area contributed by atoms with Crippen LogP contribution in [-0.2, 0) is 0 Å². The Morgan fingerprint density at radius 3 is 2.33 bits per heavy atom. The maximum atomic E-state index is 5.69. The summed E-state index contributed by atoms with van der Waals surface area (Å²) in [5.41, 5.74) is 9.02. The molecule has 1 aliphatic carbocycles. The van der Waals surface area contributed by atoms with Gasteiger partial charge in [-0.3, -0.25) is 0 Å². The number of pyridine rings is 1. The monoisotopic (exact) mass is 281 g/mol. The summed E-state index contributed by atoms with van der Waals surface area (Å²) in [5.74, 6) is 1.67. The lowest BCUT2D eigenvalue weighted by molar-refractivity contribution is 0.443. The van der Waals surface area contributed by atoms with Crippen LogP contribution in [0.5, 0.6) is 0 Å². The van der Waals surface area contributed by atoms with E-state index in [4.69, 9.17) is 5.73 Å². The molecule has 21 heavy (non-hydrogen) atoms. The van der Waals surface area contributed by atoms with Crippen molar-refractivity contribution in [3.05, 3.63) is 48.2 Å². The van der Waals surface area contributed by atoms with Crippen LogP contribution in [0.25, 0.3) is 0 Å². The molecule has 2 N–H and O–H groups in total. The molecule has 1 heterocycles. The smallest absolute Gasteiger partial charge is 0.132 e. The van der Waals surface area contributed by atoms with Gasteiger partial charge < -0.3 is 10.6 Å². The molecule has 1 aromatic heterocycles. The predicted octanol–water partition coefficient (Wildman–Crippen LogP) is 4.48. The number of hydrogen-bond acceptors (Lipinski definition) is 3. The Hall–Kier alpha value is -2.03. The van der Waals surface area contributed by atoms with Crippen molar-refractivity contribution in [1.82, 2.24) is 4.98 Å². The zero-order valence-electron chi connectivity index (χ0n) is 12.6. The molecule has 2 aromatic rings. The van der Waals surface area contributed by atoms with Gasteiger partial charge in [-0.1, -0.05) is 31.4 Å². The molecule has 0 aliphatic heterocycles. The summed E-state index contributed by atoms with van der Waals surface area (Å²) < 4.78 is 0. The molecule has 1 saturated carbocycles. The highest BCUT2D eigenvalue weighted by Crippen LogP contribution is 2.33. The van der Waals surface area contributed by atoms with E-state index in [0.29, 0.717) is 5.69 Å². The molecule has 0 bridgehead atoms. The summed E-state index contributed by atoms with van der Waals surface area (Å²) in [5, 5.41) is 0. The zero-order chi connectivity index (χ0) is 14.7. The Morgan fingerprint density at radius 2 is 1.71 bits per heavy atom. The largest absolute Gasteiger partial charge is 0.397 e. The molecule has 1 aliphatic rings. The van der Waals surface area contributed by atoms with Crippen LogP contribution < -0.4 is 10.6 Å². The van der Waals surface area contributed by atoms with Crippen LogP contribution in [0.3, 0.4) is 0 Å². The van der Waals surface area contributed by atoms with Crippen LogP contribution in [0.1, 0.15) is 43.6 Å². The van der Waals surface area contributed by atoms with E-state index in [1.807, 2.05) is 19.2 Å². The van der Waals surface area contributed by atoms with Gasteiger partial charge in [0.2, 0.25) is 0 Å². The number of aromatic nitrogens is 1. The van der Waals surface area contributed by atoms with Gasteiger partial charge in [-0.25, -0.2) is 4.98 Å². The summed E-state index contributed by atoms with van der Waals surface area (Å²) in [6.45, 7) is 0. The van der Waals surface area contributed by atoms with Gasteiger partial charge in [-0.15, -0.1) is 0 Å². The standard InChI is InChI=1S/C18H23N3/c1-21(18-12-9-16(19)13-20-18)17-10-7-15(8-11-17)14-5-3-2-4-6-14/h7-14H,2-6,19H2,1H3. The molecule has 3 heteroatoms. The molecule has 0 spiro atoms. The SMILES string of the molecule is CN(c1ccc(C2CCCCC2)cc1)c1ccc(N)cn1. The Labute approximate surface area is 126 Å². The van der Waals surface area contributed by atoms with Crippen molar-refractivity contribution in [3.63, 3.8) is 0 Å². The number of nitrogen functional groups attached to an aromatic ring is 1. The maximum Gasteiger partial charge on any atom is 0.132 e. The second kappa shape index (κ2) is 6.17. The van der Waals surface area contributed by atoms with Gasteiger partial charge in [0, 0.05) is 12.7 Å². The Kier molecular flexibility index (Phi) is 4.09. The highest BCUT2D eigenvalue weighted by molar-refractivity contribution is 5.60. The van der Waals surface area contributed by atoms with Crippen LogP contribution in [0.4, 0.5) is 17.2 Å². The van der Waals surface area contributed by atoms with E-state index < -0.39 is 0 Å². The lowest BCUT2D eigenvalue weighted by Gasteiger charge is -2.23. The molecule has 3 nitrogen and oxygen atoms in total. The molecule has 0 unspecified atom stereocenters. The molecule has 0 atom stereocenters. The minimum absolute atomic E-state index is 0.694. The van der Waals surface area contributed by atoms with Gasteiger partial charge >= 0.3 is 0 Å². The summed E-state index contributed by atoms with van der Waals surface area (Å²) in [6, 6.07) is 12.8. The molecule has 110 valence electrons. The van der Waals surface area contributed by atoms with Crippen LogP contribution >= 0.6 is 0 Å². The fourth-order valence-corrected chi connectivity index (χ4v) is 3.13. The second-order valence-electron chi connectivity index (χ2n) is 5.94. The summed E-state index contributed by atoms with van der Waals surface area (Å²) >= 11 is 0. The molecule has 0 amide bonds. The summed E-state index contributed by atoms with van der Waals surface area (Å²) in [7, 11) is 2.04. The van der Waals surface area contributed by atoms with Gasteiger partial charge in [0.25, 0.3) is 0 Å². The van der Waals surface area contributed by atoms with Crippen molar-refractivity contribution in [2.45, 2.75) is 38.0 Å². The quantitative estimate of drug-likeness (QED) is 0.902. The van der Waals surface area contributed by atoms with E-state index in [1.165, 1.54) is 37.7 Å². The molecule has 1 aromatic carbocycles. The van der Waals surface area contributed by atoms with Crippen molar-refractivity contribution in [3.8, 4) is 0 Å². The van der Waals surface area contributed by atoms with E-state index in [9.17, 15) is 0 Å². The Balaban J connectivity index is 1.75. The van der Waals surface area contributed by atoms with Gasteiger partial charge in [-0.05, 0) is 48.6 Å². The Morgan fingerprint density at radius 1 is 1.00 bits per heavy atom. The van der Waals surface area contributed by atoms with Crippen molar-refractivity contribution in [2.75, 3.05) is 17.7 Å². The minimum atomic E-state index is 0.694. The topological polar surface area (TPSA) is 42.1 Å². The van der Waals surface area contributed by atoms with Crippen LogP contribution in [0.2, 0.25) is 0 Å². The number of rotatable bonds is 3. The third-order valence-electron chi connectivity index (χ3n) is 4.47. The summed E-state index contributed by atoms with van der Waals surface area (Å²) in [4.78, 5) is 6.46. The average Bonchev–Trinajstić information content (AvgIpc) is 2.56. The van der Waals surface area contributed by atoms with E-state index >= 15 is 0 Å². The molecular weight excluding hydrogens is 258 g/mol.